The zero-order valence-electron chi connectivity index (χ0n) is 15.4. The van der Waals surface area contributed by atoms with Gasteiger partial charge in [-0.25, -0.2) is 0 Å². The fourth-order valence-corrected chi connectivity index (χ4v) is 3.79. The van der Waals surface area contributed by atoms with E-state index in [9.17, 15) is 9.59 Å². The number of methoxy groups -OCH3 is 1. The van der Waals surface area contributed by atoms with E-state index in [2.05, 4.69) is 0 Å². The molecule has 0 saturated carbocycles. The number of benzene rings is 1. The summed E-state index contributed by atoms with van der Waals surface area (Å²) in [5.74, 6) is -0.537. The van der Waals surface area contributed by atoms with Crippen LogP contribution in [-0.4, -0.2) is 60.3 Å². The maximum atomic E-state index is 13.3. The van der Waals surface area contributed by atoms with E-state index in [1.54, 1.807) is 12.0 Å². The summed E-state index contributed by atoms with van der Waals surface area (Å²) in [5.41, 5.74) is 7.11. The van der Waals surface area contributed by atoms with Crippen LogP contribution in [0.5, 0.6) is 0 Å². The van der Waals surface area contributed by atoms with E-state index in [0.29, 0.717) is 18.7 Å². The Morgan fingerprint density at radius 1 is 1.35 bits per heavy atom. The summed E-state index contributed by atoms with van der Waals surface area (Å²) >= 11 is 0. The molecule has 1 aliphatic rings. The number of ether oxygens (including phenoxy) is 2. The maximum absolute atomic E-state index is 13.3. The molecular formula is C19H25N3O4. The van der Waals surface area contributed by atoms with Gasteiger partial charge in [0.05, 0.1) is 31.7 Å². The Morgan fingerprint density at radius 2 is 2.08 bits per heavy atom. The molecule has 1 saturated heterocycles. The zero-order valence-corrected chi connectivity index (χ0v) is 15.4. The number of nitrogens with zero attached hydrogens (tertiary/aromatic N) is 2. The first-order chi connectivity index (χ1) is 12.4. The van der Waals surface area contributed by atoms with Gasteiger partial charge in [0, 0.05) is 37.3 Å². The number of rotatable bonds is 5. The number of carbonyl (C=O) groups is 2. The highest BCUT2D eigenvalue weighted by Gasteiger charge is 2.40. The van der Waals surface area contributed by atoms with E-state index < -0.39 is 11.5 Å². The van der Waals surface area contributed by atoms with Crippen molar-refractivity contribution in [3.05, 3.63) is 35.5 Å². The molecule has 140 valence electrons. The molecule has 1 fully saturated rings. The number of fused-ring (bicyclic) bond motifs is 1. The van der Waals surface area contributed by atoms with Crippen molar-refractivity contribution in [1.29, 1.82) is 0 Å². The molecule has 26 heavy (non-hydrogen) atoms. The highest BCUT2D eigenvalue weighted by atomic mass is 16.5. The minimum atomic E-state index is -0.896. The van der Waals surface area contributed by atoms with E-state index >= 15 is 0 Å². The summed E-state index contributed by atoms with van der Waals surface area (Å²) in [5, 5.41) is 0.927. The average Bonchev–Trinajstić information content (AvgIpc) is 2.85. The van der Waals surface area contributed by atoms with Crippen molar-refractivity contribution in [3.63, 3.8) is 0 Å². The molecule has 0 aliphatic carbocycles. The first-order valence-electron chi connectivity index (χ1n) is 8.63. The number of carbonyl (C=O) groups excluding carboxylic acids is 2. The summed E-state index contributed by atoms with van der Waals surface area (Å²) in [6.45, 7) is 3.22. The van der Waals surface area contributed by atoms with Crippen molar-refractivity contribution >= 4 is 22.7 Å². The van der Waals surface area contributed by atoms with Crippen LogP contribution in [0.25, 0.3) is 10.9 Å². The smallest absolute Gasteiger partial charge is 0.256 e. The van der Waals surface area contributed by atoms with Crippen LogP contribution in [-0.2, 0) is 21.3 Å². The lowest BCUT2D eigenvalue weighted by molar-refractivity contribution is -0.148. The summed E-state index contributed by atoms with van der Waals surface area (Å²) in [4.78, 5) is 26.6. The number of para-hydroxylation sites is 1. The second-order valence-corrected chi connectivity index (χ2v) is 6.87. The molecule has 1 aromatic heterocycles. The highest BCUT2D eigenvalue weighted by molar-refractivity contribution is 6.08. The van der Waals surface area contributed by atoms with Crippen LogP contribution in [0, 0.1) is 6.92 Å². The van der Waals surface area contributed by atoms with Gasteiger partial charge in [-0.3, -0.25) is 9.59 Å². The van der Waals surface area contributed by atoms with Crippen LogP contribution in [0.3, 0.4) is 0 Å². The zero-order chi connectivity index (χ0) is 18.9. The third kappa shape index (κ3) is 3.20. The van der Waals surface area contributed by atoms with E-state index in [0.717, 1.165) is 16.6 Å². The molecule has 0 radical (unpaired) electrons. The van der Waals surface area contributed by atoms with Crippen molar-refractivity contribution in [1.82, 2.24) is 9.47 Å². The van der Waals surface area contributed by atoms with Gasteiger partial charge >= 0.3 is 0 Å². The van der Waals surface area contributed by atoms with Crippen molar-refractivity contribution in [2.24, 2.45) is 12.8 Å². The van der Waals surface area contributed by atoms with E-state index in [4.69, 9.17) is 15.2 Å². The number of amides is 2. The van der Waals surface area contributed by atoms with Gasteiger partial charge in [0.15, 0.2) is 0 Å². The Morgan fingerprint density at radius 3 is 2.77 bits per heavy atom. The molecule has 2 heterocycles. The summed E-state index contributed by atoms with van der Waals surface area (Å²) < 4.78 is 13.1. The minimum Gasteiger partial charge on any atom is -0.382 e. The van der Waals surface area contributed by atoms with Crippen LogP contribution < -0.4 is 5.73 Å². The second-order valence-electron chi connectivity index (χ2n) is 6.87. The standard InChI is InChI=1S/C19H25N3O4/c1-13-17(14-6-4-5-7-15(14)21(13)2)18(24)22-8-9-26-19(11-22,12-25-3)10-16(20)23/h4-7H,8-12H2,1-3H3,(H2,20,23). The Kier molecular flexibility index (Phi) is 5.02. The molecule has 1 atom stereocenters. The molecular weight excluding hydrogens is 334 g/mol. The Balaban J connectivity index is 1.95. The fourth-order valence-electron chi connectivity index (χ4n) is 3.79. The molecule has 2 amide bonds. The minimum absolute atomic E-state index is 0.0130. The molecule has 1 aliphatic heterocycles. The van der Waals surface area contributed by atoms with Gasteiger partial charge in [0.2, 0.25) is 5.91 Å². The molecule has 2 aromatic rings. The molecule has 1 aromatic carbocycles. The van der Waals surface area contributed by atoms with Gasteiger partial charge in [-0.1, -0.05) is 18.2 Å². The lowest BCUT2D eigenvalue weighted by Gasteiger charge is -2.41. The summed E-state index contributed by atoms with van der Waals surface area (Å²) in [6, 6.07) is 7.85. The normalized spacial score (nSPS) is 20.5. The van der Waals surface area contributed by atoms with E-state index in [1.807, 2.05) is 42.8 Å². The Bertz CT molecular complexity index is 841. The van der Waals surface area contributed by atoms with Crippen LogP contribution in [0.4, 0.5) is 0 Å². The van der Waals surface area contributed by atoms with Crippen LogP contribution in [0.1, 0.15) is 22.5 Å². The molecule has 0 spiro atoms. The average molecular weight is 359 g/mol. The first-order valence-corrected chi connectivity index (χ1v) is 8.63. The summed E-state index contributed by atoms with van der Waals surface area (Å²) in [7, 11) is 3.50. The third-order valence-electron chi connectivity index (χ3n) is 5.05. The molecule has 7 nitrogen and oxygen atoms in total. The number of aryl methyl sites for hydroxylation is 1. The highest BCUT2D eigenvalue weighted by Crippen LogP contribution is 2.29. The van der Waals surface area contributed by atoms with Crippen LogP contribution in [0.2, 0.25) is 0 Å². The first kappa shape index (κ1) is 18.4. The van der Waals surface area contributed by atoms with E-state index in [-0.39, 0.29) is 25.5 Å². The van der Waals surface area contributed by atoms with Gasteiger partial charge in [-0.05, 0) is 13.0 Å². The van der Waals surface area contributed by atoms with Crippen LogP contribution >= 0.6 is 0 Å². The van der Waals surface area contributed by atoms with Gasteiger partial charge in [0.1, 0.15) is 5.60 Å². The SMILES string of the molecule is COCC1(CC(N)=O)CN(C(=O)c2c(C)n(C)c3ccccc23)CCO1. The summed E-state index contributed by atoms with van der Waals surface area (Å²) in [6.07, 6.45) is 0.0130. The number of hydrogen-bond donors (Lipinski definition) is 1. The van der Waals surface area contributed by atoms with Crippen molar-refractivity contribution in [2.45, 2.75) is 18.9 Å². The molecule has 0 bridgehead atoms. The fraction of sp³-hybridized carbons (Fsp3) is 0.474. The second kappa shape index (κ2) is 7.09. The van der Waals surface area contributed by atoms with Gasteiger partial charge < -0.3 is 24.7 Å². The van der Waals surface area contributed by atoms with Gasteiger partial charge in [0.25, 0.3) is 5.91 Å². The number of hydrogen-bond acceptors (Lipinski definition) is 4. The Labute approximate surface area is 152 Å². The maximum Gasteiger partial charge on any atom is 0.256 e. The largest absolute Gasteiger partial charge is 0.382 e. The quantitative estimate of drug-likeness (QED) is 0.870. The van der Waals surface area contributed by atoms with Crippen LogP contribution in [0.15, 0.2) is 24.3 Å². The third-order valence-corrected chi connectivity index (χ3v) is 5.05. The Hall–Kier alpha value is -2.38. The lowest BCUT2D eigenvalue weighted by atomic mass is 9.96. The number of aromatic nitrogens is 1. The number of nitrogens with two attached hydrogens (primary N) is 1. The number of primary amides is 1. The lowest BCUT2D eigenvalue weighted by Crippen LogP contribution is -2.57. The van der Waals surface area contributed by atoms with Gasteiger partial charge in [-0.15, -0.1) is 0 Å². The van der Waals surface area contributed by atoms with Crippen molar-refractivity contribution in [2.75, 3.05) is 33.4 Å². The molecule has 3 rings (SSSR count). The van der Waals surface area contributed by atoms with E-state index in [1.165, 1.54) is 0 Å². The monoisotopic (exact) mass is 359 g/mol. The van der Waals surface area contributed by atoms with Crippen molar-refractivity contribution in [3.8, 4) is 0 Å². The van der Waals surface area contributed by atoms with Crippen molar-refractivity contribution < 1.29 is 19.1 Å². The number of morpholine rings is 1. The molecule has 2 N–H and O–H groups in total. The molecule has 7 heteroatoms. The predicted molar refractivity (Wildman–Crippen MR) is 97.9 cm³/mol. The topological polar surface area (TPSA) is 86.8 Å². The van der Waals surface area contributed by atoms with Gasteiger partial charge in [-0.2, -0.15) is 0 Å². The molecule has 1 unspecified atom stereocenters. The predicted octanol–water partition coefficient (Wildman–Crippen LogP) is 1.22.